The molecular weight excluding hydrogens is 217 g/mol. The molecule has 2 nitrogen and oxygen atoms in total. The van der Waals surface area contributed by atoms with Gasteiger partial charge in [0.15, 0.2) is 0 Å². The molecule has 17 heavy (non-hydrogen) atoms. The maximum absolute atomic E-state index is 13.9. The molecular formula is C14H22FNO. The van der Waals surface area contributed by atoms with Gasteiger partial charge in [-0.15, -0.1) is 0 Å². The minimum Gasteiger partial charge on any atom is -0.490 e. The zero-order valence-electron chi connectivity index (χ0n) is 11.1. The number of nitrogens with one attached hydrogen (secondary N) is 1. The SMILES string of the molecule is CCNC(C)c1c(F)cccc1OC(C)CC. The lowest BCUT2D eigenvalue weighted by Crippen LogP contribution is -2.21. The van der Waals surface area contributed by atoms with Crippen molar-refractivity contribution < 1.29 is 9.13 Å². The lowest BCUT2D eigenvalue weighted by molar-refractivity contribution is 0.212. The van der Waals surface area contributed by atoms with Crippen LogP contribution in [0.1, 0.15) is 45.7 Å². The van der Waals surface area contributed by atoms with E-state index in [0.29, 0.717) is 11.3 Å². The second-order valence-electron chi connectivity index (χ2n) is 4.27. The van der Waals surface area contributed by atoms with Crippen molar-refractivity contribution in [3.63, 3.8) is 0 Å². The van der Waals surface area contributed by atoms with Crippen molar-refractivity contribution in [2.24, 2.45) is 0 Å². The molecule has 0 aliphatic rings. The number of hydrogen-bond acceptors (Lipinski definition) is 2. The van der Waals surface area contributed by atoms with Crippen LogP contribution in [-0.2, 0) is 0 Å². The first-order chi connectivity index (χ1) is 8.10. The van der Waals surface area contributed by atoms with E-state index in [2.05, 4.69) is 12.2 Å². The van der Waals surface area contributed by atoms with Crippen LogP contribution in [0.15, 0.2) is 18.2 Å². The molecule has 2 atom stereocenters. The van der Waals surface area contributed by atoms with E-state index in [9.17, 15) is 4.39 Å². The molecule has 0 fully saturated rings. The van der Waals surface area contributed by atoms with Gasteiger partial charge in [0.2, 0.25) is 0 Å². The fourth-order valence-corrected chi connectivity index (χ4v) is 1.75. The summed E-state index contributed by atoms with van der Waals surface area (Å²) in [6, 6.07) is 4.96. The highest BCUT2D eigenvalue weighted by Crippen LogP contribution is 2.28. The van der Waals surface area contributed by atoms with Gasteiger partial charge in [-0.05, 0) is 38.9 Å². The standard InChI is InChI=1S/C14H22FNO/c1-5-10(3)17-13-9-7-8-12(15)14(13)11(4)16-6-2/h7-11,16H,5-6H2,1-4H3. The molecule has 96 valence electrons. The topological polar surface area (TPSA) is 21.3 Å². The first kappa shape index (κ1) is 14.0. The molecule has 3 heteroatoms. The summed E-state index contributed by atoms with van der Waals surface area (Å²) in [7, 11) is 0. The maximum atomic E-state index is 13.9. The van der Waals surface area contributed by atoms with Crippen LogP contribution in [0, 0.1) is 5.82 Å². The molecule has 0 saturated carbocycles. The van der Waals surface area contributed by atoms with E-state index in [1.165, 1.54) is 6.07 Å². The Balaban J connectivity index is 2.99. The van der Waals surface area contributed by atoms with Crippen molar-refractivity contribution in [1.82, 2.24) is 5.32 Å². The van der Waals surface area contributed by atoms with Crippen LogP contribution in [0.5, 0.6) is 5.75 Å². The van der Waals surface area contributed by atoms with Gasteiger partial charge in [-0.1, -0.05) is 19.9 Å². The molecule has 0 aromatic heterocycles. The molecule has 2 unspecified atom stereocenters. The van der Waals surface area contributed by atoms with Crippen molar-refractivity contribution in [2.45, 2.75) is 46.3 Å². The van der Waals surface area contributed by atoms with Crippen LogP contribution in [0.4, 0.5) is 4.39 Å². The molecule has 0 spiro atoms. The van der Waals surface area contributed by atoms with Gasteiger partial charge >= 0.3 is 0 Å². The predicted molar refractivity (Wildman–Crippen MR) is 68.9 cm³/mol. The van der Waals surface area contributed by atoms with E-state index in [-0.39, 0.29) is 18.0 Å². The Morgan fingerprint density at radius 1 is 1.29 bits per heavy atom. The maximum Gasteiger partial charge on any atom is 0.131 e. The van der Waals surface area contributed by atoms with Gasteiger partial charge in [-0.3, -0.25) is 0 Å². The first-order valence-electron chi connectivity index (χ1n) is 6.28. The lowest BCUT2D eigenvalue weighted by Gasteiger charge is -2.20. The predicted octanol–water partition coefficient (Wildman–Crippen LogP) is 3.67. The average molecular weight is 239 g/mol. The normalized spacial score (nSPS) is 14.4. The zero-order valence-corrected chi connectivity index (χ0v) is 11.1. The van der Waals surface area contributed by atoms with E-state index >= 15 is 0 Å². The molecule has 0 amide bonds. The van der Waals surface area contributed by atoms with Crippen molar-refractivity contribution in [3.05, 3.63) is 29.6 Å². The Morgan fingerprint density at radius 3 is 2.59 bits per heavy atom. The monoisotopic (exact) mass is 239 g/mol. The van der Waals surface area contributed by atoms with Gasteiger partial charge in [-0.2, -0.15) is 0 Å². The van der Waals surface area contributed by atoms with Gasteiger partial charge in [-0.25, -0.2) is 4.39 Å². The van der Waals surface area contributed by atoms with Crippen molar-refractivity contribution in [1.29, 1.82) is 0 Å². The molecule has 0 aliphatic heterocycles. The molecule has 0 radical (unpaired) electrons. The summed E-state index contributed by atoms with van der Waals surface area (Å²) in [6.07, 6.45) is 1.01. The van der Waals surface area contributed by atoms with E-state index < -0.39 is 0 Å². The van der Waals surface area contributed by atoms with Crippen LogP contribution >= 0.6 is 0 Å². The number of benzene rings is 1. The number of hydrogen-bond donors (Lipinski definition) is 1. The largest absolute Gasteiger partial charge is 0.490 e. The molecule has 1 rings (SSSR count). The molecule has 0 bridgehead atoms. The quantitative estimate of drug-likeness (QED) is 0.817. The average Bonchev–Trinajstić information content (AvgIpc) is 2.29. The van der Waals surface area contributed by atoms with Gasteiger partial charge in [0.1, 0.15) is 11.6 Å². The summed E-state index contributed by atoms with van der Waals surface area (Å²) in [5, 5.41) is 3.21. The van der Waals surface area contributed by atoms with Crippen LogP contribution in [0.3, 0.4) is 0 Å². The van der Waals surface area contributed by atoms with Gasteiger partial charge in [0.05, 0.1) is 6.10 Å². The Hall–Kier alpha value is -1.09. The molecule has 1 aromatic rings. The molecule has 0 heterocycles. The minimum atomic E-state index is -0.209. The number of halogens is 1. The summed E-state index contributed by atoms with van der Waals surface area (Å²) in [5.41, 5.74) is 0.620. The van der Waals surface area contributed by atoms with E-state index in [0.717, 1.165) is 13.0 Å². The van der Waals surface area contributed by atoms with Crippen molar-refractivity contribution >= 4 is 0 Å². The fourth-order valence-electron chi connectivity index (χ4n) is 1.75. The molecule has 1 N–H and O–H groups in total. The van der Waals surface area contributed by atoms with Gasteiger partial charge in [0, 0.05) is 11.6 Å². The zero-order chi connectivity index (χ0) is 12.8. The van der Waals surface area contributed by atoms with Crippen molar-refractivity contribution in [3.8, 4) is 5.75 Å². The highest BCUT2D eigenvalue weighted by Gasteiger charge is 2.17. The second-order valence-corrected chi connectivity index (χ2v) is 4.27. The third kappa shape index (κ3) is 3.70. The Bertz CT molecular complexity index is 354. The second kappa shape index (κ2) is 6.60. The van der Waals surface area contributed by atoms with Gasteiger partial charge < -0.3 is 10.1 Å². The van der Waals surface area contributed by atoms with E-state index in [4.69, 9.17) is 4.74 Å². The van der Waals surface area contributed by atoms with Crippen molar-refractivity contribution in [2.75, 3.05) is 6.54 Å². The summed E-state index contributed by atoms with van der Waals surface area (Å²) < 4.78 is 19.6. The number of rotatable bonds is 6. The van der Waals surface area contributed by atoms with Crippen LogP contribution < -0.4 is 10.1 Å². The lowest BCUT2D eigenvalue weighted by atomic mass is 10.1. The fraction of sp³-hybridized carbons (Fsp3) is 0.571. The summed E-state index contributed by atoms with van der Waals surface area (Å²) in [5.74, 6) is 0.437. The minimum absolute atomic E-state index is 0.0414. The highest BCUT2D eigenvalue weighted by atomic mass is 19.1. The molecule has 1 aromatic carbocycles. The first-order valence-corrected chi connectivity index (χ1v) is 6.28. The highest BCUT2D eigenvalue weighted by molar-refractivity contribution is 5.37. The van der Waals surface area contributed by atoms with Gasteiger partial charge in [0.25, 0.3) is 0 Å². The third-order valence-corrected chi connectivity index (χ3v) is 2.86. The third-order valence-electron chi connectivity index (χ3n) is 2.86. The van der Waals surface area contributed by atoms with E-state index in [1.807, 2.05) is 26.8 Å². The Labute approximate surface area is 103 Å². The smallest absolute Gasteiger partial charge is 0.131 e. The van der Waals surface area contributed by atoms with E-state index in [1.54, 1.807) is 6.07 Å². The summed E-state index contributed by atoms with van der Waals surface area (Å²) in [6.45, 7) is 8.81. The summed E-state index contributed by atoms with van der Waals surface area (Å²) in [4.78, 5) is 0. The number of ether oxygens (including phenoxy) is 1. The van der Waals surface area contributed by atoms with Crippen LogP contribution in [0.25, 0.3) is 0 Å². The molecule has 0 aliphatic carbocycles. The van der Waals surface area contributed by atoms with Crippen LogP contribution in [-0.4, -0.2) is 12.6 Å². The Morgan fingerprint density at radius 2 is 2.00 bits per heavy atom. The Kier molecular flexibility index (Phi) is 5.42. The summed E-state index contributed by atoms with van der Waals surface area (Å²) >= 11 is 0. The van der Waals surface area contributed by atoms with Crippen LogP contribution in [0.2, 0.25) is 0 Å². The molecule has 0 saturated heterocycles.